The number of rotatable bonds is 3. The summed E-state index contributed by atoms with van der Waals surface area (Å²) in [6.45, 7) is 0. The fraction of sp³-hybridized carbons (Fsp3) is 0.192. The van der Waals surface area contributed by atoms with Gasteiger partial charge in [-0.05, 0) is 29.8 Å². The first-order chi connectivity index (χ1) is 17.5. The molecule has 3 aromatic carbocycles. The maximum absolute atomic E-state index is 13.7. The Morgan fingerprint density at radius 2 is 1.81 bits per heavy atom. The summed E-state index contributed by atoms with van der Waals surface area (Å²) in [5.74, 6) is -0.876. The van der Waals surface area contributed by atoms with E-state index >= 15 is 0 Å². The monoisotopic (exact) mass is 528 g/mol. The van der Waals surface area contributed by atoms with Crippen LogP contribution in [0.25, 0.3) is 11.0 Å². The van der Waals surface area contributed by atoms with E-state index in [0.717, 1.165) is 6.07 Å². The number of nitrogens with zero attached hydrogens (tertiary/aromatic N) is 3. The lowest BCUT2D eigenvalue weighted by atomic mass is 9.98. The van der Waals surface area contributed by atoms with Gasteiger partial charge in [0.25, 0.3) is 5.91 Å². The first-order valence-corrected chi connectivity index (χ1v) is 11.6. The average molecular weight is 529 g/mol. The molecule has 0 fully saturated rings. The number of aromatic hydroxyl groups is 1. The Kier molecular flexibility index (Phi) is 5.86. The Bertz CT molecular complexity index is 1660. The molecule has 1 aliphatic heterocycles. The van der Waals surface area contributed by atoms with Crippen LogP contribution < -0.4 is 10.6 Å². The number of H-pyrrole nitrogens is 1. The number of aryl methyl sites for hydroxylation is 1. The van der Waals surface area contributed by atoms with Crippen LogP contribution in [0.15, 0.2) is 64.4 Å². The molecule has 0 radical (unpaired) electrons. The molecule has 1 unspecified atom stereocenters. The van der Waals surface area contributed by atoms with Crippen molar-refractivity contribution in [1.82, 2.24) is 9.55 Å². The molecule has 0 saturated heterocycles. The number of anilines is 1. The molecular weight excluding hydrogens is 509 g/mol. The molecule has 1 amide bonds. The minimum Gasteiger partial charge on any atom is -0.506 e. The number of carbonyl (C=O) groups excluding carboxylic acids is 1. The third-order valence-corrected chi connectivity index (χ3v) is 6.68. The largest absolute Gasteiger partial charge is 0.506 e. The minimum atomic E-state index is -4.61. The summed E-state index contributed by atoms with van der Waals surface area (Å²) in [5.41, 5.74) is 1.06. The SMILES string of the molecule is CN1C(=O)C(Cc2ccccc2C(F)(F)F)N=C(c2ccc3[nH]c(=O)n(C)c3c2)c2cc(Cl)cc(O)c21. The molecule has 0 spiro atoms. The number of phenolic OH excluding ortho intramolecular Hbond substituents is 1. The lowest BCUT2D eigenvalue weighted by Gasteiger charge is -2.22. The number of aromatic amines is 1. The number of benzodiazepines with no additional fused rings is 1. The van der Waals surface area contributed by atoms with Crippen molar-refractivity contribution in [2.45, 2.75) is 18.6 Å². The van der Waals surface area contributed by atoms with Crippen LogP contribution >= 0.6 is 11.6 Å². The van der Waals surface area contributed by atoms with Crippen LogP contribution in [0.2, 0.25) is 5.02 Å². The standard InChI is InChI=1S/C26H20ClF3N4O3/c1-33-20-10-14(7-8-18(20)32-25(33)37)22-16-11-15(27)12-21(35)23(16)34(2)24(36)19(31-22)9-13-5-3-4-6-17(13)26(28,29)30/h3-8,10-12,19,35H,9H2,1-2H3,(H,32,37). The number of halogens is 4. The Morgan fingerprint density at radius 3 is 2.54 bits per heavy atom. The highest BCUT2D eigenvalue weighted by Gasteiger charge is 2.37. The molecule has 1 aromatic heterocycles. The van der Waals surface area contributed by atoms with Gasteiger partial charge in [0, 0.05) is 42.7 Å². The second kappa shape index (κ2) is 8.81. The maximum Gasteiger partial charge on any atom is 0.416 e. The van der Waals surface area contributed by atoms with E-state index in [4.69, 9.17) is 11.6 Å². The molecule has 0 saturated carbocycles. The molecule has 0 aliphatic carbocycles. The van der Waals surface area contributed by atoms with E-state index < -0.39 is 23.7 Å². The molecular formula is C26H20ClF3N4O3. The number of carbonyl (C=O) groups is 1. The van der Waals surface area contributed by atoms with E-state index in [-0.39, 0.29) is 39.8 Å². The Morgan fingerprint density at radius 1 is 1.08 bits per heavy atom. The highest BCUT2D eigenvalue weighted by atomic mass is 35.5. The fourth-order valence-corrected chi connectivity index (χ4v) is 4.86. The normalized spacial score (nSPS) is 16.1. The van der Waals surface area contributed by atoms with Crippen LogP contribution in [0.4, 0.5) is 18.9 Å². The summed E-state index contributed by atoms with van der Waals surface area (Å²) in [5, 5.41) is 10.9. The number of fused-ring (bicyclic) bond motifs is 2. The van der Waals surface area contributed by atoms with Gasteiger partial charge in [-0.1, -0.05) is 35.9 Å². The second-order valence-corrected chi connectivity index (χ2v) is 9.23. The molecule has 4 aromatic rings. The predicted octanol–water partition coefficient (Wildman–Crippen LogP) is 4.67. The first-order valence-electron chi connectivity index (χ1n) is 11.2. The number of benzene rings is 3. The summed E-state index contributed by atoms with van der Waals surface area (Å²) < 4.78 is 42.5. The molecule has 1 aliphatic rings. The zero-order valence-corrected chi connectivity index (χ0v) is 20.4. The van der Waals surface area contributed by atoms with Crippen LogP contribution in [0.1, 0.15) is 22.3 Å². The van der Waals surface area contributed by atoms with E-state index in [1.165, 1.54) is 46.8 Å². The van der Waals surface area contributed by atoms with Gasteiger partial charge in [-0.3, -0.25) is 14.4 Å². The van der Waals surface area contributed by atoms with Gasteiger partial charge in [-0.25, -0.2) is 4.79 Å². The van der Waals surface area contributed by atoms with Crippen LogP contribution in [-0.4, -0.2) is 39.4 Å². The number of hydrogen-bond donors (Lipinski definition) is 2. The van der Waals surface area contributed by atoms with Crippen molar-refractivity contribution in [3.8, 4) is 5.75 Å². The smallest absolute Gasteiger partial charge is 0.416 e. The predicted molar refractivity (Wildman–Crippen MR) is 135 cm³/mol. The third-order valence-electron chi connectivity index (χ3n) is 6.46. The zero-order chi connectivity index (χ0) is 26.6. The quantitative estimate of drug-likeness (QED) is 0.405. The van der Waals surface area contributed by atoms with E-state index in [1.807, 2.05) is 0 Å². The van der Waals surface area contributed by atoms with Crippen LogP contribution in [0, 0.1) is 0 Å². The molecule has 37 heavy (non-hydrogen) atoms. The van der Waals surface area contributed by atoms with Gasteiger partial charge < -0.3 is 15.0 Å². The molecule has 1 atom stereocenters. The van der Waals surface area contributed by atoms with E-state index in [2.05, 4.69) is 9.98 Å². The number of likely N-dealkylation sites (N-methyl/N-ethyl adjacent to an activating group) is 1. The number of imidazole rings is 1. The van der Waals surface area contributed by atoms with Crippen molar-refractivity contribution in [1.29, 1.82) is 0 Å². The van der Waals surface area contributed by atoms with Gasteiger partial charge in [-0.15, -0.1) is 0 Å². The molecule has 2 heterocycles. The number of aliphatic imine (C=N–C) groups is 1. The second-order valence-electron chi connectivity index (χ2n) is 8.79. The number of alkyl halides is 3. The molecule has 190 valence electrons. The van der Waals surface area contributed by atoms with Crippen LogP contribution in [-0.2, 0) is 24.4 Å². The van der Waals surface area contributed by atoms with Crippen molar-refractivity contribution in [2.75, 3.05) is 11.9 Å². The fourth-order valence-electron chi connectivity index (χ4n) is 4.65. The Balaban J connectivity index is 1.74. The number of amides is 1. The number of hydrogen-bond acceptors (Lipinski definition) is 4. The molecule has 7 nitrogen and oxygen atoms in total. The van der Waals surface area contributed by atoms with Gasteiger partial charge in [0.15, 0.2) is 0 Å². The van der Waals surface area contributed by atoms with Crippen molar-refractivity contribution in [3.63, 3.8) is 0 Å². The summed E-state index contributed by atoms with van der Waals surface area (Å²) in [4.78, 5) is 34.2. The summed E-state index contributed by atoms with van der Waals surface area (Å²) in [7, 11) is 3.01. The molecule has 11 heteroatoms. The zero-order valence-electron chi connectivity index (χ0n) is 19.6. The van der Waals surface area contributed by atoms with Crippen molar-refractivity contribution in [3.05, 3.63) is 92.4 Å². The number of phenols is 1. The van der Waals surface area contributed by atoms with Gasteiger partial charge in [0.2, 0.25) is 0 Å². The Labute approximate surface area is 213 Å². The lowest BCUT2D eigenvalue weighted by molar-refractivity contribution is -0.138. The third kappa shape index (κ3) is 4.27. The van der Waals surface area contributed by atoms with Crippen molar-refractivity contribution < 1.29 is 23.1 Å². The van der Waals surface area contributed by atoms with Gasteiger partial charge in [-0.2, -0.15) is 13.2 Å². The number of nitrogens with one attached hydrogen (secondary N) is 1. The van der Waals surface area contributed by atoms with Gasteiger partial charge in [0.1, 0.15) is 11.8 Å². The highest BCUT2D eigenvalue weighted by Crippen LogP contribution is 2.39. The first kappa shape index (κ1) is 24.6. The average Bonchev–Trinajstić information content (AvgIpc) is 3.07. The molecule has 0 bridgehead atoms. The highest BCUT2D eigenvalue weighted by molar-refractivity contribution is 6.32. The van der Waals surface area contributed by atoms with Gasteiger partial charge >= 0.3 is 11.9 Å². The van der Waals surface area contributed by atoms with E-state index in [0.29, 0.717) is 22.2 Å². The maximum atomic E-state index is 13.7. The Hall–Kier alpha value is -4.05. The summed E-state index contributed by atoms with van der Waals surface area (Å²) in [6, 6.07) is 11.6. The lowest BCUT2D eigenvalue weighted by Crippen LogP contribution is -2.36. The number of aromatic nitrogens is 2. The molecule has 5 rings (SSSR count). The van der Waals surface area contributed by atoms with E-state index in [9.17, 15) is 27.9 Å². The van der Waals surface area contributed by atoms with E-state index in [1.54, 1.807) is 25.2 Å². The van der Waals surface area contributed by atoms with Crippen molar-refractivity contribution in [2.24, 2.45) is 12.0 Å². The molecule has 2 N–H and O–H groups in total. The summed E-state index contributed by atoms with van der Waals surface area (Å²) in [6.07, 6.45) is -4.93. The van der Waals surface area contributed by atoms with Crippen molar-refractivity contribution >= 4 is 39.9 Å². The van der Waals surface area contributed by atoms with Crippen LogP contribution in [0.5, 0.6) is 5.75 Å². The van der Waals surface area contributed by atoms with Gasteiger partial charge in [0.05, 0.1) is 28.0 Å². The topological polar surface area (TPSA) is 90.7 Å². The van der Waals surface area contributed by atoms with Crippen LogP contribution in [0.3, 0.4) is 0 Å². The summed E-state index contributed by atoms with van der Waals surface area (Å²) >= 11 is 6.24. The minimum absolute atomic E-state index is 0.0819.